The number of rotatable bonds is 28. The summed E-state index contributed by atoms with van der Waals surface area (Å²) >= 11 is 0. The molecule has 0 N–H and O–H groups in total. The Morgan fingerprint density at radius 2 is 0.591 bits per heavy atom. The molecule has 2 unspecified atom stereocenters. The van der Waals surface area contributed by atoms with Gasteiger partial charge in [-0.05, 0) is 221 Å². The van der Waals surface area contributed by atoms with Crippen molar-refractivity contribution in [1.82, 2.24) is 19.8 Å². The Hall–Kier alpha value is -10.8. The molecule has 2 aliphatic rings. The molecule has 0 radical (unpaired) electrons. The van der Waals surface area contributed by atoms with Crippen LogP contribution in [0.2, 0.25) is 0 Å². The third-order valence-electron chi connectivity index (χ3n) is 19.9. The van der Waals surface area contributed by atoms with Crippen molar-refractivity contribution in [3.8, 4) is 57.8 Å². The lowest BCUT2D eigenvalue weighted by atomic mass is 9.80. The van der Waals surface area contributed by atoms with Crippen LogP contribution in [0.25, 0.3) is 43.1 Å². The number of hydrogen-bond acceptors (Lipinski definition) is 20. The van der Waals surface area contributed by atoms with Gasteiger partial charge in [-0.15, -0.1) is 0 Å². The molecular weight excluding hydrogens is 1430 g/mol. The first-order valence-electron chi connectivity index (χ1n) is 36.3. The highest BCUT2D eigenvalue weighted by Crippen LogP contribution is 2.58. The maximum Gasteiger partial charge on any atom is 0.504 e. The quantitative estimate of drug-likeness (QED) is 0.0145. The van der Waals surface area contributed by atoms with Crippen molar-refractivity contribution in [2.24, 2.45) is 11.8 Å². The van der Waals surface area contributed by atoms with E-state index in [2.05, 4.69) is 9.97 Å². The van der Waals surface area contributed by atoms with Gasteiger partial charge in [-0.1, -0.05) is 52.0 Å². The molecule has 0 saturated carbocycles. The zero-order valence-corrected chi connectivity index (χ0v) is 67.0. The van der Waals surface area contributed by atoms with Gasteiger partial charge in [-0.2, -0.15) is 0 Å². The third-order valence-corrected chi connectivity index (χ3v) is 25.3. The third kappa shape index (κ3) is 15.0. The minimum Gasteiger partial charge on any atom is -0.457 e. The smallest absolute Gasteiger partial charge is 0.457 e. The fourth-order valence-corrected chi connectivity index (χ4v) is 18.7. The number of aryl methyl sites for hydroxylation is 8. The van der Waals surface area contributed by atoms with Crippen LogP contribution in [0.1, 0.15) is 138 Å². The van der Waals surface area contributed by atoms with E-state index in [1.54, 1.807) is 48.5 Å². The number of nitrogens with zero attached hydrogens (tertiary/aromatic N) is 4. The van der Waals surface area contributed by atoms with Crippen molar-refractivity contribution >= 4 is 96.3 Å². The highest BCUT2D eigenvalue weighted by atomic mass is 28.4. The van der Waals surface area contributed by atoms with Crippen LogP contribution in [0.5, 0.6) is 57.8 Å². The van der Waals surface area contributed by atoms with Crippen LogP contribution in [0.4, 0.5) is 0 Å². The van der Waals surface area contributed by atoms with E-state index in [9.17, 15) is 0 Å². The zero-order chi connectivity index (χ0) is 78.7. The lowest BCUT2D eigenvalue weighted by molar-refractivity contribution is -0.140. The summed E-state index contributed by atoms with van der Waals surface area (Å²) in [5, 5.41) is 1.85. The summed E-state index contributed by atoms with van der Waals surface area (Å²) in [4.78, 5) is 108. The van der Waals surface area contributed by atoms with E-state index in [4.69, 9.17) is 55.0 Å². The Morgan fingerprint density at radius 3 is 0.818 bits per heavy atom. The molecule has 2 aliphatic heterocycles. The summed E-state index contributed by atoms with van der Waals surface area (Å²) in [5.74, 6) is -4.50. The first kappa shape index (κ1) is 77.4. The molecule has 13 rings (SSSR count). The van der Waals surface area contributed by atoms with E-state index in [1.165, 1.54) is 55.1 Å². The Labute approximate surface area is 640 Å². The number of esters is 2. The van der Waals surface area contributed by atoms with Crippen LogP contribution in [-0.4, -0.2) is 128 Å². The molecule has 4 heterocycles. The zero-order valence-electron chi connectivity index (χ0n) is 65.0. The molecule has 24 heteroatoms. The van der Waals surface area contributed by atoms with Gasteiger partial charge in [0.2, 0.25) is 11.8 Å². The second-order valence-corrected chi connectivity index (χ2v) is 35.3. The number of pyridine rings is 2. The minimum absolute atomic E-state index is 0.0397. The molecular formula is C86H88N4O18Si2. The van der Waals surface area contributed by atoms with Gasteiger partial charge in [0.15, 0.2) is 0 Å². The molecule has 11 aromatic rings. The molecule has 22 nitrogen and oxygen atoms in total. The minimum atomic E-state index is -3.22. The number of fused-ring (bicyclic) bond motifs is 2. The molecule has 0 spiro atoms. The van der Waals surface area contributed by atoms with Crippen molar-refractivity contribution in [2.75, 3.05) is 42.7 Å². The second-order valence-electron chi connectivity index (χ2n) is 29.4. The maximum absolute atomic E-state index is 16.6. The Kier molecular flexibility index (Phi) is 21.7. The topological polar surface area (TPSA) is 245 Å². The van der Waals surface area contributed by atoms with Crippen molar-refractivity contribution in [3.05, 3.63) is 212 Å². The Bertz CT molecular complexity index is 4890. The van der Waals surface area contributed by atoms with E-state index in [0.717, 1.165) is 54.3 Å². The van der Waals surface area contributed by atoms with Crippen molar-refractivity contribution < 1.29 is 83.7 Å². The van der Waals surface area contributed by atoms with Crippen LogP contribution in [0.15, 0.2) is 134 Å². The molecule has 2 aromatic heterocycles. The van der Waals surface area contributed by atoms with Gasteiger partial charge in [0.05, 0.1) is 22.3 Å². The summed E-state index contributed by atoms with van der Waals surface area (Å²) < 4.78 is 76.1. The maximum atomic E-state index is 16.6. The van der Waals surface area contributed by atoms with E-state index >= 15 is 28.8 Å². The van der Waals surface area contributed by atoms with E-state index in [-0.39, 0.29) is 137 Å². The highest BCUT2D eigenvalue weighted by Gasteiger charge is 2.48. The van der Waals surface area contributed by atoms with Crippen molar-refractivity contribution in [3.63, 3.8) is 0 Å². The lowest BCUT2D eigenvalue weighted by Crippen LogP contribution is -2.52. The fourth-order valence-electron chi connectivity index (χ4n) is 15.4. The van der Waals surface area contributed by atoms with E-state index in [1.807, 2.05) is 156 Å². The van der Waals surface area contributed by atoms with E-state index in [0.29, 0.717) is 34.1 Å². The van der Waals surface area contributed by atoms with Crippen LogP contribution >= 0.6 is 0 Å². The SMILES string of the molecule is CO[Si](Cc1ccnc(OC(=O)C(CC(C)C)N2C(=O)c3cc(Oc4cc(C)cc(C)c4)c4c5c(Oc6cc(C)cc(C)c6)cc6c7c(cc(Oc8cc(C)cc(C)c8)c(c8c(Oc9cc(C)cc(C)c9)cc(c3c48)C2=O)c75)C(=O)N(C(CC(C)C)C(=O)Oc2cc(C[Si](OC)(OC)OC)ccn2)C6=O)c1)(OC)OC. The first-order valence-corrected chi connectivity index (χ1v) is 40.2. The largest absolute Gasteiger partial charge is 0.504 e. The van der Waals surface area contributed by atoms with Gasteiger partial charge in [0.1, 0.15) is 58.1 Å². The van der Waals surface area contributed by atoms with Gasteiger partial charge in [-0.3, -0.25) is 29.0 Å². The molecule has 4 amide bonds. The number of ether oxygens (including phenoxy) is 6. The van der Waals surface area contributed by atoms with Gasteiger partial charge < -0.3 is 55.0 Å². The van der Waals surface area contributed by atoms with Gasteiger partial charge in [0, 0.05) is 122 Å². The summed E-state index contributed by atoms with van der Waals surface area (Å²) in [5.41, 5.74) is 7.81. The predicted molar refractivity (Wildman–Crippen MR) is 420 cm³/mol. The molecule has 0 bridgehead atoms. The summed E-state index contributed by atoms with van der Waals surface area (Å²) in [6.07, 6.45) is 2.84. The number of hydrogen-bond donors (Lipinski definition) is 0. The molecule has 2 atom stereocenters. The normalized spacial score (nSPS) is 13.7. The average molecular weight is 1520 g/mol. The standard InChI is InChI=1S/C86H88N4O18Si2/c1-45(2)23-65(85(95)107-71-37-55(19-21-87-71)43-109(97-13,98-14)99-15)89-81(91)61-39-67(103-57-29-47(5)25-48(6)30-57)75-77-69(105-59-33-51(9)27-52(10)34-59)41-63-74-64(84(94)90(83(63)93)66(24-46(3)4)86(96)108-72-38-56(20-22-88-72)44-110(100-16,101-17)102-18)42-70(106-60-35-53(11)28-54(12)36-60)78(80(74)77)76-68(40-62(82(89)92)73(61)79(75)76)104-58-31-49(7)26-50(8)32-58/h19-22,25-42,45-46,65-66H,23-24,43-44H2,1-18H3. The molecule has 0 saturated heterocycles. The number of imide groups is 2. The van der Waals surface area contributed by atoms with Gasteiger partial charge >= 0.3 is 29.5 Å². The number of carbonyl (C=O) groups excluding carboxylic acids is 6. The second kappa shape index (κ2) is 30.9. The highest BCUT2D eigenvalue weighted by molar-refractivity contribution is 6.60. The first-order chi connectivity index (χ1) is 52.5. The lowest BCUT2D eigenvalue weighted by Gasteiger charge is -2.36. The molecule has 0 fully saturated rings. The van der Waals surface area contributed by atoms with Crippen LogP contribution < -0.4 is 28.4 Å². The average Bonchev–Trinajstić information content (AvgIpc) is 0.671. The fraction of sp³-hybridized carbons (Fsp3) is 0.302. The Balaban J connectivity index is 1.14. The molecule has 568 valence electrons. The monoisotopic (exact) mass is 1520 g/mol. The molecule has 9 aromatic carbocycles. The van der Waals surface area contributed by atoms with Gasteiger partial charge in [-0.25, -0.2) is 19.6 Å². The van der Waals surface area contributed by atoms with Crippen molar-refractivity contribution in [1.29, 1.82) is 0 Å². The summed E-state index contributed by atoms with van der Waals surface area (Å²) in [6.45, 7) is 22.9. The molecule has 0 aliphatic carbocycles. The predicted octanol–water partition coefficient (Wildman–Crippen LogP) is 17.3. The van der Waals surface area contributed by atoms with Crippen LogP contribution in [-0.2, 0) is 48.2 Å². The Morgan fingerprint density at radius 1 is 0.345 bits per heavy atom. The summed E-state index contributed by atoms with van der Waals surface area (Å²) in [7, 11) is 2.51. The molecule has 110 heavy (non-hydrogen) atoms. The number of amides is 4. The van der Waals surface area contributed by atoms with Crippen LogP contribution in [0, 0.1) is 67.2 Å². The van der Waals surface area contributed by atoms with Crippen molar-refractivity contribution in [2.45, 2.75) is 120 Å². The van der Waals surface area contributed by atoms with Crippen LogP contribution in [0.3, 0.4) is 0 Å². The number of benzene rings is 9. The van der Waals surface area contributed by atoms with Gasteiger partial charge in [0.25, 0.3) is 23.6 Å². The number of aromatic nitrogens is 2. The summed E-state index contributed by atoms with van der Waals surface area (Å²) in [6, 6.07) is 32.8. The number of carbonyl (C=O) groups is 6. The van der Waals surface area contributed by atoms with E-state index < -0.39 is 65.3 Å².